The molecule has 0 saturated heterocycles. The standard InChI is InChI=1S/C14H22N4O/c1-17(8-11-4-3-7-19-10-11)9-13-15-16-14(18(13)2)12-5-6-12/h4,12H,3,5-10H2,1-2H3. The third-order valence-corrected chi connectivity index (χ3v) is 3.81. The summed E-state index contributed by atoms with van der Waals surface area (Å²) in [5.41, 5.74) is 1.37. The van der Waals surface area contributed by atoms with E-state index in [4.69, 9.17) is 4.74 Å². The highest BCUT2D eigenvalue weighted by Gasteiger charge is 2.29. The van der Waals surface area contributed by atoms with Crippen LogP contribution in [0, 0.1) is 0 Å². The Labute approximate surface area is 114 Å². The maximum Gasteiger partial charge on any atom is 0.146 e. The van der Waals surface area contributed by atoms with E-state index >= 15 is 0 Å². The highest BCUT2D eigenvalue weighted by atomic mass is 16.5. The Morgan fingerprint density at radius 2 is 2.21 bits per heavy atom. The van der Waals surface area contributed by atoms with Crippen LogP contribution in [0.2, 0.25) is 0 Å². The molecule has 1 aliphatic heterocycles. The molecular formula is C14H22N4O. The van der Waals surface area contributed by atoms with Gasteiger partial charge in [-0.3, -0.25) is 4.90 Å². The fourth-order valence-corrected chi connectivity index (χ4v) is 2.57. The van der Waals surface area contributed by atoms with Gasteiger partial charge in [0, 0.05) is 19.5 Å². The molecule has 0 bridgehead atoms. The lowest BCUT2D eigenvalue weighted by Crippen LogP contribution is -2.25. The van der Waals surface area contributed by atoms with Crippen molar-refractivity contribution in [3.63, 3.8) is 0 Å². The van der Waals surface area contributed by atoms with Crippen molar-refractivity contribution < 1.29 is 4.74 Å². The van der Waals surface area contributed by atoms with Crippen molar-refractivity contribution in [2.45, 2.75) is 31.7 Å². The number of ether oxygens (including phenoxy) is 1. The van der Waals surface area contributed by atoms with E-state index in [-0.39, 0.29) is 0 Å². The molecule has 1 aliphatic carbocycles. The van der Waals surface area contributed by atoms with Gasteiger partial charge in [-0.15, -0.1) is 10.2 Å². The van der Waals surface area contributed by atoms with Crippen molar-refractivity contribution in [3.8, 4) is 0 Å². The number of hydrogen-bond acceptors (Lipinski definition) is 4. The summed E-state index contributed by atoms with van der Waals surface area (Å²) in [6.45, 7) is 3.43. The van der Waals surface area contributed by atoms with E-state index in [9.17, 15) is 0 Å². The van der Waals surface area contributed by atoms with Crippen LogP contribution in [-0.4, -0.2) is 46.5 Å². The van der Waals surface area contributed by atoms with Crippen LogP contribution in [0.1, 0.15) is 36.8 Å². The second-order valence-electron chi connectivity index (χ2n) is 5.68. The van der Waals surface area contributed by atoms with Crippen molar-refractivity contribution in [2.75, 3.05) is 26.8 Å². The predicted molar refractivity (Wildman–Crippen MR) is 72.8 cm³/mol. The Bertz CT molecular complexity index is 476. The second-order valence-corrected chi connectivity index (χ2v) is 5.68. The minimum atomic E-state index is 0.658. The van der Waals surface area contributed by atoms with Gasteiger partial charge in [-0.25, -0.2) is 0 Å². The number of nitrogens with zero attached hydrogens (tertiary/aromatic N) is 4. The first-order valence-electron chi connectivity index (χ1n) is 7.06. The van der Waals surface area contributed by atoms with Crippen LogP contribution in [0.25, 0.3) is 0 Å². The molecule has 0 spiro atoms. The summed E-state index contributed by atoms with van der Waals surface area (Å²) in [5, 5.41) is 8.66. The zero-order valence-corrected chi connectivity index (χ0v) is 11.8. The molecule has 104 valence electrons. The number of aromatic nitrogens is 3. The Morgan fingerprint density at radius 3 is 2.89 bits per heavy atom. The van der Waals surface area contributed by atoms with Gasteiger partial charge in [0.25, 0.3) is 0 Å². The van der Waals surface area contributed by atoms with E-state index < -0.39 is 0 Å². The van der Waals surface area contributed by atoms with Gasteiger partial charge in [0.2, 0.25) is 0 Å². The topological polar surface area (TPSA) is 43.2 Å². The first-order valence-corrected chi connectivity index (χ1v) is 7.06. The first-order chi connectivity index (χ1) is 9.24. The summed E-state index contributed by atoms with van der Waals surface area (Å²) in [5.74, 6) is 2.87. The van der Waals surface area contributed by atoms with E-state index in [1.165, 1.54) is 18.4 Å². The average Bonchev–Trinajstić information content (AvgIpc) is 3.18. The van der Waals surface area contributed by atoms with Crippen LogP contribution >= 0.6 is 0 Å². The first kappa shape index (κ1) is 12.8. The molecule has 1 aromatic rings. The molecule has 5 heteroatoms. The van der Waals surface area contributed by atoms with Gasteiger partial charge in [-0.1, -0.05) is 6.08 Å². The molecule has 2 heterocycles. The second kappa shape index (κ2) is 5.43. The van der Waals surface area contributed by atoms with Crippen LogP contribution in [0.5, 0.6) is 0 Å². The molecule has 19 heavy (non-hydrogen) atoms. The molecule has 0 amide bonds. The molecule has 2 aliphatic rings. The van der Waals surface area contributed by atoms with Gasteiger partial charge < -0.3 is 9.30 Å². The summed E-state index contributed by atoms with van der Waals surface area (Å²) in [7, 11) is 4.21. The van der Waals surface area contributed by atoms with Gasteiger partial charge in [-0.2, -0.15) is 0 Å². The van der Waals surface area contributed by atoms with E-state index in [0.29, 0.717) is 5.92 Å². The Hall–Kier alpha value is -1.20. The number of hydrogen-bond donors (Lipinski definition) is 0. The largest absolute Gasteiger partial charge is 0.377 e. The molecule has 0 unspecified atom stereocenters. The molecule has 0 radical (unpaired) electrons. The smallest absolute Gasteiger partial charge is 0.146 e. The molecule has 1 saturated carbocycles. The quantitative estimate of drug-likeness (QED) is 0.754. The zero-order chi connectivity index (χ0) is 13.2. The number of likely N-dealkylation sites (N-methyl/N-ethyl adjacent to an activating group) is 1. The Morgan fingerprint density at radius 1 is 1.37 bits per heavy atom. The molecular weight excluding hydrogens is 240 g/mol. The summed E-state index contributed by atoms with van der Waals surface area (Å²) in [6, 6.07) is 0. The fourth-order valence-electron chi connectivity index (χ4n) is 2.57. The molecule has 0 atom stereocenters. The Kier molecular flexibility index (Phi) is 3.66. The van der Waals surface area contributed by atoms with Gasteiger partial charge in [0.05, 0.1) is 19.8 Å². The van der Waals surface area contributed by atoms with E-state index in [2.05, 4.69) is 39.8 Å². The van der Waals surface area contributed by atoms with Gasteiger partial charge in [0.15, 0.2) is 0 Å². The Balaban J connectivity index is 1.59. The van der Waals surface area contributed by atoms with Crippen molar-refractivity contribution in [3.05, 3.63) is 23.3 Å². The summed E-state index contributed by atoms with van der Waals surface area (Å²) in [4.78, 5) is 2.28. The normalized spacial score (nSPS) is 19.8. The van der Waals surface area contributed by atoms with Gasteiger partial charge >= 0.3 is 0 Å². The van der Waals surface area contributed by atoms with Crippen LogP contribution in [-0.2, 0) is 18.3 Å². The minimum Gasteiger partial charge on any atom is -0.377 e. The molecule has 1 fully saturated rings. The van der Waals surface area contributed by atoms with Crippen LogP contribution in [0.15, 0.2) is 11.6 Å². The van der Waals surface area contributed by atoms with E-state index in [1.807, 2.05) is 0 Å². The van der Waals surface area contributed by atoms with Gasteiger partial charge in [-0.05, 0) is 31.9 Å². The van der Waals surface area contributed by atoms with Crippen molar-refractivity contribution in [1.29, 1.82) is 0 Å². The minimum absolute atomic E-state index is 0.658. The van der Waals surface area contributed by atoms with Crippen molar-refractivity contribution in [2.24, 2.45) is 7.05 Å². The van der Waals surface area contributed by atoms with Crippen molar-refractivity contribution >= 4 is 0 Å². The fraction of sp³-hybridized carbons (Fsp3) is 0.714. The molecule has 1 aromatic heterocycles. The highest BCUT2D eigenvalue weighted by Crippen LogP contribution is 2.38. The summed E-state index contributed by atoms with van der Waals surface area (Å²) in [6.07, 6.45) is 5.88. The van der Waals surface area contributed by atoms with Crippen LogP contribution in [0.4, 0.5) is 0 Å². The third kappa shape index (κ3) is 3.04. The van der Waals surface area contributed by atoms with Crippen molar-refractivity contribution in [1.82, 2.24) is 19.7 Å². The lowest BCUT2D eigenvalue weighted by molar-refractivity contribution is 0.143. The van der Waals surface area contributed by atoms with E-state index in [0.717, 1.165) is 44.4 Å². The van der Waals surface area contributed by atoms with E-state index in [1.54, 1.807) is 0 Å². The summed E-state index contributed by atoms with van der Waals surface area (Å²) < 4.78 is 7.64. The molecule has 5 nitrogen and oxygen atoms in total. The van der Waals surface area contributed by atoms with Crippen LogP contribution < -0.4 is 0 Å². The highest BCUT2D eigenvalue weighted by molar-refractivity contribution is 5.09. The molecule has 0 N–H and O–H groups in total. The molecule has 0 aromatic carbocycles. The maximum absolute atomic E-state index is 5.47. The maximum atomic E-state index is 5.47. The third-order valence-electron chi connectivity index (χ3n) is 3.81. The monoisotopic (exact) mass is 262 g/mol. The lowest BCUT2D eigenvalue weighted by atomic mass is 10.2. The predicted octanol–water partition coefficient (Wildman–Crippen LogP) is 1.47. The lowest BCUT2D eigenvalue weighted by Gasteiger charge is -2.20. The zero-order valence-electron chi connectivity index (χ0n) is 11.8. The number of rotatable bonds is 5. The van der Waals surface area contributed by atoms with Crippen LogP contribution in [0.3, 0.4) is 0 Å². The summed E-state index contributed by atoms with van der Waals surface area (Å²) >= 11 is 0. The molecule has 3 rings (SSSR count). The van der Waals surface area contributed by atoms with Gasteiger partial charge in [0.1, 0.15) is 11.6 Å². The average molecular weight is 262 g/mol. The SMILES string of the molecule is CN(CC1=CCCOC1)Cc1nnc(C2CC2)n1C.